The Kier molecular flexibility index (Phi) is 3.31. The van der Waals surface area contributed by atoms with Gasteiger partial charge in [0.2, 0.25) is 0 Å². The molecule has 0 radical (unpaired) electrons. The molecule has 0 atom stereocenters. The first-order valence-corrected chi connectivity index (χ1v) is 6.38. The van der Waals surface area contributed by atoms with Gasteiger partial charge in [-0.3, -0.25) is 9.59 Å². The van der Waals surface area contributed by atoms with Gasteiger partial charge in [0.05, 0.1) is 0 Å². The normalized spacial score (nSPS) is 10.7. The van der Waals surface area contributed by atoms with E-state index < -0.39 is 0 Å². The SMILES string of the molecule is CC(=O)OCc1c(-c2ccc(C=O)o2)oc2ccccc12. The lowest BCUT2D eigenvalue weighted by Crippen LogP contribution is -1.99. The van der Waals surface area contributed by atoms with Gasteiger partial charge in [-0.1, -0.05) is 18.2 Å². The highest BCUT2D eigenvalue weighted by Crippen LogP contribution is 2.34. The van der Waals surface area contributed by atoms with Crippen LogP contribution in [0.15, 0.2) is 45.2 Å². The van der Waals surface area contributed by atoms with Crippen LogP contribution < -0.4 is 0 Å². The van der Waals surface area contributed by atoms with Crippen molar-refractivity contribution in [1.82, 2.24) is 0 Å². The first kappa shape index (κ1) is 13.2. The second-order valence-corrected chi connectivity index (χ2v) is 4.51. The van der Waals surface area contributed by atoms with Gasteiger partial charge in [0, 0.05) is 17.9 Å². The molecule has 0 aliphatic rings. The number of rotatable bonds is 4. The summed E-state index contributed by atoms with van der Waals surface area (Å²) < 4.78 is 16.2. The zero-order chi connectivity index (χ0) is 14.8. The third-order valence-electron chi connectivity index (χ3n) is 3.08. The van der Waals surface area contributed by atoms with Crippen molar-refractivity contribution >= 4 is 23.2 Å². The number of esters is 1. The van der Waals surface area contributed by atoms with Crippen LogP contribution in [0.3, 0.4) is 0 Å². The number of hydrogen-bond donors (Lipinski definition) is 0. The summed E-state index contributed by atoms with van der Waals surface area (Å²) in [7, 11) is 0. The summed E-state index contributed by atoms with van der Waals surface area (Å²) in [6, 6.07) is 10.6. The fourth-order valence-electron chi connectivity index (χ4n) is 2.15. The molecule has 0 bridgehead atoms. The number of hydrogen-bond acceptors (Lipinski definition) is 5. The monoisotopic (exact) mass is 284 g/mol. The molecule has 3 rings (SSSR count). The molecule has 0 fully saturated rings. The van der Waals surface area contributed by atoms with Crippen LogP contribution in [0.2, 0.25) is 0 Å². The van der Waals surface area contributed by atoms with E-state index in [0.29, 0.717) is 29.0 Å². The highest BCUT2D eigenvalue weighted by Gasteiger charge is 2.19. The molecule has 5 nitrogen and oxygen atoms in total. The van der Waals surface area contributed by atoms with E-state index in [1.807, 2.05) is 24.3 Å². The molecular weight excluding hydrogens is 272 g/mol. The zero-order valence-corrected chi connectivity index (χ0v) is 11.3. The number of carbonyl (C=O) groups excluding carboxylic acids is 2. The molecule has 1 aromatic carbocycles. The molecule has 0 aliphatic heterocycles. The van der Waals surface area contributed by atoms with Gasteiger partial charge in [-0.15, -0.1) is 0 Å². The van der Waals surface area contributed by atoms with Crippen LogP contribution in [-0.2, 0) is 16.1 Å². The summed E-state index contributed by atoms with van der Waals surface area (Å²) in [4.78, 5) is 21.8. The Bertz CT molecular complexity index is 809. The van der Waals surface area contributed by atoms with Gasteiger partial charge >= 0.3 is 5.97 Å². The lowest BCUT2D eigenvalue weighted by atomic mass is 10.1. The molecule has 0 saturated heterocycles. The maximum absolute atomic E-state index is 11.1. The lowest BCUT2D eigenvalue weighted by Gasteiger charge is -2.02. The predicted molar refractivity (Wildman–Crippen MR) is 74.8 cm³/mol. The summed E-state index contributed by atoms with van der Waals surface area (Å²) in [5.74, 6) is 0.726. The van der Waals surface area contributed by atoms with Gasteiger partial charge in [0.1, 0.15) is 12.2 Å². The van der Waals surface area contributed by atoms with Crippen molar-refractivity contribution in [1.29, 1.82) is 0 Å². The number of fused-ring (bicyclic) bond motifs is 1. The van der Waals surface area contributed by atoms with Crippen molar-refractivity contribution in [3.05, 3.63) is 47.7 Å². The fraction of sp³-hybridized carbons (Fsp3) is 0.125. The maximum atomic E-state index is 11.1. The topological polar surface area (TPSA) is 69.7 Å². The quantitative estimate of drug-likeness (QED) is 0.541. The minimum Gasteiger partial charge on any atom is -0.461 e. The van der Waals surface area contributed by atoms with Crippen molar-refractivity contribution in [2.24, 2.45) is 0 Å². The predicted octanol–water partition coefficient (Wildman–Crippen LogP) is 3.57. The molecule has 0 amide bonds. The van der Waals surface area contributed by atoms with Crippen molar-refractivity contribution < 1.29 is 23.2 Å². The van der Waals surface area contributed by atoms with E-state index in [-0.39, 0.29) is 18.3 Å². The molecule has 0 N–H and O–H groups in total. The maximum Gasteiger partial charge on any atom is 0.302 e. The standard InChI is InChI=1S/C16H12O5/c1-10(18)19-9-13-12-4-2-3-5-14(12)21-16(13)15-7-6-11(8-17)20-15/h2-8H,9H2,1H3. The van der Waals surface area contributed by atoms with Gasteiger partial charge in [0.25, 0.3) is 0 Å². The first-order chi connectivity index (χ1) is 10.2. The minimum atomic E-state index is -0.376. The summed E-state index contributed by atoms with van der Waals surface area (Å²) >= 11 is 0. The number of carbonyl (C=O) groups is 2. The van der Waals surface area contributed by atoms with E-state index in [0.717, 1.165) is 5.39 Å². The van der Waals surface area contributed by atoms with Crippen molar-refractivity contribution in [2.45, 2.75) is 13.5 Å². The molecule has 3 aromatic rings. The Morgan fingerprint density at radius 3 is 2.71 bits per heavy atom. The number of benzene rings is 1. The second-order valence-electron chi connectivity index (χ2n) is 4.51. The molecular formula is C16H12O5. The van der Waals surface area contributed by atoms with Crippen LogP contribution >= 0.6 is 0 Å². The molecule has 2 heterocycles. The highest BCUT2D eigenvalue weighted by molar-refractivity contribution is 5.87. The molecule has 0 spiro atoms. The highest BCUT2D eigenvalue weighted by atomic mass is 16.5. The Labute approximate surface area is 120 Å². The molecule has 106 valence electrons. The van der Waals surface area contributed by atoms with E-state index in [9.17, 15) is 9.59 Å². The molecule has 0 unspecified atom stereocenters. The second kappa shape index (κ2) is 5.28. The molecule has 21 heavy (non-hydrogen) atoms. The van der Waals surface area contributed by atoms with Gasteiger partial charge in [0.15, 0.2) is 23.6 Å². The first-order valence-electron chi connectivity index (χ1n) is 6.38. The van der Waals surface area contributed by atoms with Gasteiger partial charge < -0.3 is 13.6 Å². The van der Waals surface area contributed by atoms with Gasteiger partial charge in [-0.2, -0.15) is 0 Å². The minimum absolute atomic E-state index is 0.0821. The number of aldehydes is 1. The van der Waals surface area contributed by atoms with Crippen LogP contribution in [0.25, 0.3) is 22.5 Å². The van der Waals surface area contributed by atoms with Crippen LogP contribution in [0.4, 0.5) is 0 Å². The van der Waals surface area contributed by atoms with Crippen LogP contribution in [0.5, 0.6) is 0 Å². The molecule has 5 heteroatoms. The summed E-state index contributed by atoms with van der Waals surface area (Å²) in [5, 5.41) is 0.845. The van der Waals surface area contributed by atoms with Gasteiger partial charge in [-0.25, -0.2) is 0 Å². The molecule has 0 aliphatic carbocycles. The van der Waals surface area contributed by atoms with Crippen LogP contribution in [0, 0.1) is 0 Å². The van der Waals surface area contributed by atoms with Crippen molar-refractivity contribution in [3.8, 4) is 11.5 Å². The summed E-state index contributed by atoms with van der Waals surface area (Å²) in [6.45, 7) is 1.43. The number of para-hydroxylation sites is 1. The lowest BCUT2D eigenvalue weighted by molar-refractivity contribution is -0.142. The average molecular weight is 284 g/mol. The average Bonchev–Trinajstić information content (AvgIpc) is 3.09. The number of ether oxygens (including phenoxy) is 1. The smallest absolute Gasteiger partial charge is 0.302 e. The van der Waals surface area contributed by atoms with E-state index in [1.165, 1.54) is 6.92 Å². The van der Waals surface area contributed by atoms with E-state index in [4.69, 9.17) is 13.6 Å². The Hall–Kier alpha value is -2.82. The summed E-state index contributed by atoms with van der Waals surface area (Å²) in [6.07, 6.45) is 0.623. The van der Waals surface area contributed by atoms with E-state index in [2.05, 4.69) is 0 Å². The third kappa shape index (κ3) is 2.45. The Morgan fingerprint density at radius 1 is 1.19 bits per heavy atom. The third-order valence-corrected chi connectivity index (χ3v) is 3.08. The zero-order valence-electron chi connectivity index (χ0n) is 11.3. The van der Waals surface area contributed by atoms with Crippen molar-refractivity contribution in [3.63, 3.8) is 0 Å². The van der Waals surface area contributed by atoms with Gasteiger partial charge in [-0.05, 0) is 18.2 Å². The number of furan rings is 2. The van der Waals surface area contributed by atoms with Crippen LogP contribution in [0.1, 0.15) is 23.0 Å². The summed E-state index contributed by atoms with van der Waals surface area (Å²) in [5.41, 5.74) is 1.38. The largest absolute Gasteiger partial charge is 0.461 e. The molecule has 2 aromatic heterocycles. The molecule has 0 saturated carbocycles. The Balaban J connectivity index is 2.13. The fourth-order valence-corrected chi connectivity index (χ4v) is 2.15. The van der Waals surface area contributed by atoms with E-state index in [1.54, 1.807) is 12.1 Å². The Morgan fingerprint density at radius 2 is 2.00 bits per heavy atom. The van der Waals surface area contributed by atoms with Crippen LogP contribution in [-0.4, -0.2) is 12.3 Å². The van der Waals surface area contributed by atoms with E-state index >= 15 is 0 Å². The van der Waals surface area contributed by atoms with Crippen molar-refractivity contribution in [2.75, 3.05) is 0 Å².